The molecule has 0 spiro atoms. The highest BCUT2D eigenvalue weighted by atomic mass is 35.5. The molecule has 0 saturated carbocycles. The molecule has 1 N–H and O–H groups in total. The van der Waals surface area contributed by atoms with Gasteiger partial charge in [-0.15, -0.1) is 0 Å². The standard InChI is InChI=1S/C15H14Cl2FNO/c1-2-20-15-7-6-10(8-14(15)18)19-9-11-12(16)4-3-5-13(11)17/h3-8,19H,2,9H2,1H3. The highest BCUT2D eigenvalue weighted by Crippen LogP contribution is 2.26. The molecule has 0 aliphatic rings. The summed E-state index contributed by atoms with van der Waals surface area (Å²) < 4.78 is 18.9. The van der Waals surface area contributed by atoms with Gasteiger partial charge >= 0.3 is 0 Å². The largest absolute Gasteiger partial charge is 0.491 e. The van der Waals surface area contributed by atoms with Crippen LogP contribution in [0, 0.1) is 5.82 Å². The number of nitrogens with one attached hydrogen (secondary N) is 1. The second kappa shape index (κ2) is 6.82. The summed E-state index contributed by atoms with van der Waals surface area (Å²) in [4.78, 5) is 0. The first kappa shape index (κ1) is 14.9. The van der Waals surface area contributed by atoms with Gasteiger partial charge in [0.25, 0.3) is 0 Å². The topological polar surface area (TPSA) is 21.3 Å². The molecule has 5 heteroatoms. The van der Waals surface area contributed by atoms with E-state index in [-0.39, 0.29) is 5.75 Å². The first-order valence-electron chi connectivity index (χ1n) is 6.21. The average molecular weight is 314 g/mol. The van der Waals surface area contributed by atoms with Crippen LogP contribution in [0.4, 0.5) is 10.1 Å². The molecule has 2 nitrogen and oxygen atoms in total. The van der Waals surface area contributed by atoms with Crippen LogP contribution in [0.2, 0.25) is 10.0 Å². The summed E-state index contributed by atoms with van der Waals surface area (Å²) in [5.74, 6) is -0.157. The van der Waals surface area contributed by atoms with Crippen LogP contribution in [0.15, 0.2) is 36.4 Å². The highest BCUT2D eigenvalue weighted by molar-refractivity contribution is 6.36. The molecule has 2 aromatic carbocycles. The van der Waals surface area contributed by atoms with Gasteiger partial charge in [-0.1, -0.05) is 29.3 Å². The molecule has 0 aliphatic carbocycles. The molecule has 0 atom stereocenters. The van der Waals surface area contributed by atoms with Crippen molar-refractivity contribution in [1.82, 2.24) is 0 Å². The van der Waals surface area contributed by atoms with Crippen LogP contribution in [0.1, 0.15) is 12.5 Å². The van der Waals surface area contributed by atoms with Gasteiger partial charge in [-0.05, 0) is 31.2 Å². The van der Waals surface area contributed by atoms with E-state index in [1.165, 1.54) is 6.07 Å². The number of ether oxygens (including phenoxy) is 1. The molecule has 0 saturated heterocycles. The van der Waals surface area contributed by atoms with Crippen molar-refractivity contribution in [1.29, 1.82) is 0 Å². The number of halogens is 3. The van der Waals surface area contributed by atoms with Crippen molar-refractivity contribution < 1.29 is 9.13 Å². The Morgan fingerprint density at radius 3 is 2.45 bits per heavy atom. The van der Waals surface area contributed by atoms with Crippen LogP contribution in [0.25, 0.3) is 0 Å². The van der Waals surface area contributed by atoms with Gasteiger partial charge < -0.3 is 10.1 Å². The van der Waals surface area contributed by atoms with Crippen molar-refractivity contribution in [2.75, 3.05) is 11.9 Å². The molecular weight excluding hydrogens is 300 g/mol. The Morgan fingerprint density at radius 1 is 1.15 bits per heavy atom. The molecule has 0 aromatic heterocycles. The van der Waals surface area contributed by atoms with Crippen molar-refractivity contribution in [3.63, 3.8) is 0 Å². The average Bonchev–Trinajstić information content (AvgIpc) is 2.41. The second-order valence-corrected chi connectivity index (χ2v) is 4.95. The maximum Gasteiger partial charge on any atom is 0.167 e. The predicted molar refractivity (Wildman–Crippen MR) is 81.4 cm³/mol. The SMILES string of the molecule is CCOc1ccc(NCc2c(Cl)cccc2Cl)cc1F. The van der Waals surface area contributed by atoms with E-state index in [9.17, 15) is 4.39 Å². The minimum Gasteiger partial charge on any atom is -0.491 e. The Hall–Kier alpha value is -1.45. The first-order valence-corrected chi connectivity index (χ1v) is 6.96. The number of hydrogen-bond acceptors (Lipinski definition) is 2. The quantitative estimate of drug-likeness (QED) is 0.824. The molecule has 2 aromatic rings. The monoisotopic (exact) mass is 313 g/mol. The maximum atomic E-state index is 13.7. The van der Waals surface area contributed by atoms with Crippen LogP contribution in [-0.4, -0.2) is 6.61 Å². The number of hydrogen-bond donors (Lipinski definition) is 1. The van der Waals surface area contributed by atoms with E-state index in [2.05, 4.69) is 5.32 Å². The minimum absolute atomic E-state index is 0.244. The van der Waals surface area contributed by atoms with Gasteiger partial charge in [0, 0.05) is 33.9 Å². The van der Waals surface area contributed by atoms with E-state index >= 15 is 0 Å². The van der Waals surface area contributed by atoms with E-state index in [1.54, 1.807) is 30.3 Å². The van der Waals surface area contributed by atoms with Crippen LogP contribution in [0.3, 0.4) is 0 Å². The van der Waals surface area contributed by atoms with Gasteiger partial charge in [-0.25, -0.2) is 4.39 Å². The Labute approximate surface area is 127 Å². The Kier molecular flexibility index (Phi) is 5.10. The van der Waals surface area contributed by atoms with Crippen molar-refractivity contribution in [2.24, 2.45) is 0 Å². The lowest BCUT2D eigenvalue weighted by Gasteiger charge is -2.11. The molecule has 0 amide bonds. The van der Waals surface area contributed by atoms with Gasteiger partial charge in [0.15, 0.2) is 11.6 Å². The zero-order valence-corrected chi connectivity index (χ0v) is 12.4. The van der Waals surface area contributed by atoms with E-state index in [1.807, 2.05) is 6.92 Å². The number of benzene rings is 2. The number of rotatable bonds is 5. The minimum atomic E-state index is -0.401. The molecule has 0 unspecified atom stereocenters. The van der Waals surface area contributed by atoms with Crippen LogP contribution >= 0.6 is 23.2 Å². The van der Waals surface area contributed by atoms with E-state index in [0.29, 0.717) is 28.9 Å². The summed E-state index contributed by atoms with van der Waals surface area (Å²) >= 11 is 12.1. The van der Waals surface area contributed by atoms with E-state index in [0.717, 1.165) is 5.56 Å². The van der Waals surface area contributed by atoms with Gasteiger partial charge in [0.2, 0.25) is 0 Å². The molecular formula is C15H14Cl2FNO. The van der Waals surface area contributed by atoms with Crippen LogP contribution in [-0.2, 0) is 6.54 Å². The van der Waals surface area contributed by atoms with E-state index < -0.39 is 5.82 Å². The molecule has 106 valence electrons. The lowest BCUT2D eigenvalue weighted by Crippen LogP contribution is -2.02. The predicted octanol–water partition coefficient (Wildman–Crippen LogP) is 5.14. The van der Waals surface area contributed by atoms with Gasteiger partial charge in [0.05, 0.1) is 6.61 Å². The summed E-state index contributed by atoms with van der Waals surface area (Å²) in [5, 5.41) is 4.25. The highest BCUT2D eigenvalue weighted by Gasteiger charge is 2.07. The van der Waals surface area contributed by atoms with E-state index in [4.69, 9.17) is 27.9 Å². The fourth-order valence-electron chi connectivity index (χ4n) is 1.78. The summed E-state index contributed by atoms with van der Waals surface area (Å²) in [6.45, 7) is 2.66. The fourth-order valence-corrected chi connectivity index (χ4v) is 2.31. The third-order valence-corrected chi connectivity index (χ3v) is 3.47. The van der Waals surface area contributed by atoms with Gasteiger partial charge in [-0.3, -0.25) is 0 Å². The fraction of sp³-hybridized carbons (Fsp3) is 0.200. The lowest BCUT2D eigenvalue weighted by atomic mass is 10.2. The van der Waals surface area contributed by atoms with Crippen molar-refractivity contribution >= 4 is 28.9 Å². The normalized spacial score (nSPS) is 10.4. The van der Waals surface area contributed by atoms with Crippen molar-refractivity contribution in [2.45, 2.75) is 13.5 Å². The molecule has 0 radical (unpaired) electrons. The first-order chi connectivity index (χ1) is 9.61. The van der Waals surface area contributed by atoms with Crippen LogP contribution in [0.5, 0.6) is 5.75 Å². The number of anilines is 1. The zero-order valence-electron chi connectivity index (χ0n) is 10.9. The molecule has 2 rings (SSSR count). The van der Waals surface area contributed by atoms with Crippen molar-refractivity contribution in [3.8, 4) is 5.75 Å². The van der Waals surface area contributed by atoms with Crippen LogP contribution < -0.4 is 10.1 Å². The molecule has 0 bridgehead atoms. The lowest BCUT2D eigenvalue weighted by molar-refractivity contribution is 0.321. The summed E-state index contributed by atoms with van der Waals surface area (Å²) in [5.41, 5.74) is 1.42. The Bertz CT molecular complexity index is 584. The smallest absolute Gasteiger partial charge is 0.167 e. The molecule has 0 heterocycles. The summed E-state index contributed by atoms with van der Waals surface area (Å²) in [7, 11) is 0. The molecule has 0 fully saturated rings. The Balaban J connectivity index is 2.09. The van der Waals surface area contributed by atoms with Gasteiger partial charge in [0.1, 0.15) is 0 Å². The summed E-state index contributed by atoms with van der Waals surface area (Å²) in [6, 6.07) is 10.0. The third-order valence-electron chi connectivity index (χ3n) is 2.76. The van der Waals surface area contributed by atoms with Gasteiger partial charge in [-0.2, -0.15) is 0 Å². The second-order valence-electron chi connectivity index (χ2n) is 4.13. The maximum absolute atomic E-state index is 13.7. The molecule has 0 aliphatic heterocycles. The Morgan fingerprint density at radius 2 is 1.85 bits per heavy atom. The van der Waals surface area contributed by atoms with Crippen molar-refractivity contribution in [3.05, 3.63) is 57.8 Å². The third kappa shape index (κ3) is 3.56. The zero-order chi connectivity index (χ0) is 14.5. The summed E-state index contributed by atoms with van der Waals surface area (Å²) in [6.07, 6.45) is 0. The molecule has 20 heavy (non-hydrogen) atoms.